The van der Waals surface area contributed by atoms with Crippen LogP contribution in [0.3, 0.4) is 0 Å². The number of aliphatic hydroxyl groups is 2. The van der Waals surface area contributed by atoms with Crippen LogP contribution in [0.25, 0.3) is 0 Å². The van der Waals surface area contributed by atoms with Gasteiger partial charge in [-0.05, 0) is 56.2 Å². The Kier molecular flexibility index (Phi) is 7.24. The summed E-state index contributed by atoms with van der Waals surface area (Å²) < 4.78 is 0. The highest BCUT2D eigenvalue weighted by Crippen LogP contribution is 2.38. The molecule has 4 heteroatoms. The van der Waals surface area contributed by atoms with Crippen molar-refractivity contribution in [1.29, 1.82) is 0 Å². The first-order valence-corrected chi connectivity index (χ1v) is 10.5. The van der Waals surface area contributed by atoms with E-state index in [0.29, 0.717) is 6.54 Å². The number of nitrogens with zero attached hydrogens (tertiary/aromatic N) is 1. The lowest BCUT2D eigenvalue weighted by Crippen LogP contribution is -2.27. The van der Waals surface area contributed by atoms with Gasteiger partial charge in [-0.1, -0.05) is 60.7 Å². The van der Waals surface area contributed by atoms with Gasteiger partial charge in [-0.2, -0.15) is 0 Å². The Morgan fingerprint density at radius 3 is 1.50 bits per heavy atom. The van der Waals surface area contributed by atoms with Crippen molar-refractivity contribution in [3.8, 4) is 0 Å². The molecule has 2 aromatic rings. The van der Waals surface area contributed by atoms with Crippen molar-refractivity contribution in [2.75, 3.05) is 13.1 Å². The van der Waals surface area contributed by atoms with Gasteiger partial charge in [0, 0.05) is 19.6 Å². The molecule has 0 radical (unpaired) electrons. The standard InChI is InChI=1S/C19H23NO.C5H11NO/c21-19(11-12-19)13-14-20(15-17-7-3-1-4-8-17)16-18-9-5-2-6-10-18;6-4-3-5(7)1-2-5/h1-10,21H,11-16H2;7H,1-4,6H2. The van der Waals surface area contributed by atoms with Crippen LogP contribution in [0, 0.1) is 0 Å². The lowest BCUT2D eigenvalue weighted by Gasteiger charge is -2.24. The zero-order valence-corrected chi connectivity index (χ0v) is 16.8. The second-order valence-corrected chi connectivity index (χ2v) is 8.42. The normalized spacial score (nSPS) is 18.3. The molecule has 0 atom stereocenters. The third-order valence-corrected chi connectivity index (χ3v) is 5.66. The van der Waals surface area contributed by atoms with E-state index in [0.717, 1.165) is 58.2 Å². The summed E-state index contributed by atoms with van der Waals surface area (Å²) in [4.78, 5) is 2.43. The van der Waals surface area contributed by atoms with E-state index in [2.05, 4.69) is 65.6 Å². The van der Waals surface area contributed by atoms with Gasteiger partial charge < -0.3 is 15.9 Å². The third kappa shape index (κ3) is 7.36. The Morgan fingerprint density at radius 1 is 0.714 bits per heavy atom. The van der Waals surface area contributed by atoms with Gasteiger partial charge in [-0.25, -0.2) is 0 Å². The van der Waals surface area contributed by atoms with Crippen molar-refractivity contribution < 1.29 is 10.2 Å². The largest absolute Gasteiger partial charge is 0.390 e. The Labute approximate surface area is 169 Å². The van der Waals surface area contributed by atoms with Gasteiger partial charge in [0.15, 0.2) is 0 Å². The second kappa shape index (κ2) is 9.66. The molecule has 2 fully saturated rings. The van der Waals surface area contributed by atoms with Crippen LogP contribution in [0.4, 0.5) is 0 Å². The fraction of sp³-hybridized carbons (Fsp3) is 0.500. The summed E-state index contributed by atoms with van der Waals surface area (Å²) >= 11 is 0. The molecule has 2 aromatic carbocycles. The van der Waals surface area contributed by atoms with Crippen LogP contribution in [-0.4, -0.2) is 39.4 Å². The van der Waals surface area contributed by atoms with Crippen LogP contribution < -0.4 is 5.73 Å². The summed E-state index contributed by atoms with van der Waals surface area (Å²) in [5, 5.41) is 19.1. The molecule has 2 saturated carbocycles. The van der Waals surface area contributed by atoms with Gasteiger partial charge >= 0.3 is 0 Å². The van der Waals surface area contributed by atoms with Crippen molar-refractivity contribution in [3.63, 3.8) is 0 Å². The predicted molar refractivity (Wildman–Crippen MR) is 114 cm³/mol. The van der Waals surface area contributed by atoms with Crippen molar-refractivity contribution >= 4 is 0 Å². The zero-order chi connectivity index (χ0) is 19.9. The van der Waals surface area contributed by atoms with Gasteiger partial charge in [-0.15, -0.1) is 0 Å². The highest BCUT2D eigenvalue weighted by molar-refractivity contribution is 5.17. The Balaban J connectivity index is 0.000000271. The Hall–Kier alpha value is -1.72. The summed E-state index contributed by atoms with van der Waals surface area (Å²) in [7, 11) is 0. The molecular weight excluding hydrogens is 348 g/mol. The smallest absolute Gasteiger partial charge is 0.0662 e. The SMILES string of the molecule is NCCC1(O)CC1.OC1(CCN(Cc2ccccc2)Cc2ccccc2)CC1. The minimum absolute atomic E-state index is 0.325. The predicted octanol–water partition coefficient (Wildman–Crippen LogP) is 3.46. The molecule has 0 heterocycles. The van der Waals surface area contributed by atoms with Crippen LogP contribution in [0.15, 0.2) is 60.7 Å². The van der Waals surface area contributed by atoms with Crippen molar-refractivity contribution in [2.24, 2.45) is 5.73 Å². The Morgan fingerprint density at radius 2 is 1.14 bits per heavy atom. The third-order valence-electron chi connectivity index (χ3n) is 5.66. The number of hydrogen-bond acceptors (Lipinski definition) is 4. The van der Waals surface area contributed by atoms with Gasteiger partial charge in [0.05, 0.1) is 11.2 Å². The summed E-state index contributed by atoms with van der Waals surface area (Å²) in [5.74, 6) is 0. The average molecular weight is 383 g/mol. The average Bonchev–Trinajstić information content (AvgIpc) is 3.62. The lowest BCUT2D eigenvalue weighted by atomic mass is 10.1. The Bertz CT molecular complexity index is 656. The molecule has 0 unspecified atom stereocenters. The fourth-order valence-electron chi connectivity index (χ4n) is 3.32. The summed E-state index contributed by atoms with van der Waals surface area (Å²) in [5.41, 5.74) is 7.16. The van der Waals surface area contributed by atoms with E-state index >= 15 is 0 Å². The second-order valence-electron chi connectivity index (χ2n) is 8.42. The number of benzene rings is 2. The molecule has 4 N–H and O–H groups in total. The number of nitrogens with two attached hydrogens (primary N) is 1. The molecule has 0 aliphatic heterocycles. The minimum Gasteiger partial charge on any atom is -0.390 e. The first-order chi connectivity index (χ1) is 13.5. The van der Waals surface area contributed by atoms with Gasteiger partial charge in [0.2, 0.25) is 0 Å². The molecule has 0 spiro atoms. The van der Waals surface area contributed by atoms with Crippen LogP contribution in [0.2, 0.25) is 0 Å². The molecule has 4 nitrogen and oxygen atoms in total. The van der Waals surface area contributed by atoms with E-state index < -0.39 is 0 Å². The van der Waals surface area contributed by atoms with E-state index in [1.807, 2.05) is 0 Å². The van der Waals surface area contributed by atoms with Crippen LogP contribution >= 0.6 is 0 Å². The van der Waals surface area contributed by atoms with Gasteiger partial charge in [0.25, 0.3) is 0 Å². The molecule has 0 saturated heterocycles. The van der Waals surface area contributed by atoms with E-state index in [1.54, 1.807) is 0 Å². The van der Waals surface area contributed by atoms with E-state index in [1.165, 1.54) is 11.1 Å². The van der Waals surface area contributed by atoms with E-state index in [-0.39, 0.29) is 11.2 Å². The maximum Gasteiger partial charge on any atom is 0.0662 e. The summed E-state index contributed by atoms with van der Waals surface area (Å²) in [6, 6.07) is 21.1. The van der Waals surface area contributed by atoms with Crippen LogP contribution in [0.1, 0.15) is 49.7 Å². The molecule has 4 rings (SSSR count). The van der Waals surface area contributed by atoms with Crippen molar-refractivity contribution in [2.45, 2.75) is 62.8 Å². The molecule has 0 bridgehead atoms. The molecule has 2 aliphatic carbocycles. The molecule has 0 amide bonds. The highest BCUT2D eigenvalue weighted by atomic mass is 16.3. The quantitative estimate of drug-likeness (QED) is 0.621. The maximum atomic E-state index is 10.1. The molecule has 0 aromatic heterocycles. The molecule has 2 aliphatic rings. The summed E-state index contributed by atoms with van der Waals surface area (Å²) in [6.45, 7) is 3.44. The van der Waals surface area contributed by atoms with Gasteiger partial charge in [-0.3, -0.25) is 4.90 Å². The number of hydrogen-bond donors (Lipinski definition) is 3. The van der Waals surface area contributed by atoms with E-state index in [4.69, 9.17) is 10.8 Å². The maximum absolute atomic E-state index is 10.1. The van der Waals surface area contributed by atoms with Crippen molar-refractivity contribution in [3.05, 3.63) is 71.8 Å². The van der Waals surface area contributed by atoms with Crippen molar-refractivity contribution in [1.82, 2.24) is 4.90 Å². The van der Waals surface area contributed by atoms with Crippen LogP contribution in [-0.2, 0) is 13.1 Å². The molecule has 152 valence electrons. The number of rotatable bonds is 9. The first kappa shape index (κ1) is 21.0. The molecule has 28 heavy (non-hydrogen) atoms. The first-order valence-electron chi connectivity index (χ1n) is 10.5. The highest BCUT2D eigenvalue weighted by Gasteiger charge is 2.40. The summed E-state index contributed by atoms with van der Waals surface area (Å²) in [6.07, 6.45) is 5.53. The van der Waals surface area contributed by atoms with Gasteiger partial charge in [0.1, 0.15) is 0 Å². The van der Waals surface area contributed by atoms with Crippen LogP contribution in [0.5, 0.6) is 0 Å². The zero-order valence-electron chi connectivity index (χ0n) is 16.8. The topological polar surface area (TPSA) is 69.7 Å². The fourth-order valence-corrected chi connectivity index (χ4v) is 3.32. The molecular formula is C24H34N2O2. The van der Waals surface area contributed by atoms with E-state index in [9.17, 15) is 5.11 Å². The monoisotopic (exact) mass is 382 g/mol. The minimum atomic E-state index is -0.369. The lowest BCUT2D eigenvalue weighted by molar-refractivity contribution is 0.115.